The van der Waals surface area contributed by atoms with Crippen molar-refractivity contribution < 1.29 is 8.42 Å². The summed E-state index contributed by atoms with van der Waals surface area (Å²) in [6, 6.07) is 7.46. The molecule has 0 saturated carbocycles. The second-order valence-corrected chi connectivity index (χ2v) is 7.14. The highest BCUT2D eigenvalue weighted by molar-refractivity contribution is 7.89. The van der Waals surface area contributed by atoms with Gasteiger partial charge in [-0.25, -0.2) is 12.7 Å². The van der Waals surface area contributed by atoms with E-state index in [1.54, 1.807) is 12.3 Å². The summed E-state index contributed by atoms with van der Waals surface area (Å²) in [6.07, 6.45) is 2.27. The highest BCUT2D eigenvalue weighted by Crippen LogP contribution is 2.09. The van der Waals surface area contributed by atoms with Gasteiger partial charge in [0.2, 0.25) is 10.0 Å². The molecule has 0 fully saturated rings. The molecule has 1 aromatic rings. The molecular formula is C14H21N3O2S. The van der Waals surface area contributed by atoms with E-state index in [0.29, 0.717) is 13.0 Å². The Morgan fingerprint density at radius 3 is 2.70 bits per heavy atom. The van der Waals surface area contributed by atoms with Gasteiger partial charge in [0, 0.05) is 37.8 Å². The molecule has 0 aliphatic carbocycles. The molecule has 0 atom stereocenters. The lowest BCUT2D eigenvalue weighted by Crippen LogP contribution is -2.37. The van der Waals surface area contributed by atoms with Crippen molar-refractivity contribution >= 4 is 10.0 Å². The van der Waals surface area contributed by atoms with Gasteiger partial charge in [-0.05, 0) is 18.1 Å². The van der Waals surface area contributed by atoms with Gasteiger partial charge >= 0.3 is 0 Å². The first-order chi connectivity index (χ1) is 9.45. The van der Waals surface area contributed by atoms with Crippen LogP contribution in [0, 0.1) is 17.2 Å². The Balaban J connectivity index is 2.69. The molecule has 0 aliphatic rings. The first-order valence-corrected chi connectivity index (χ1v) is 8.31. The Hall–Kier alpha value is -1.45. The van der Waals surface area contributed by atoms with Gasteiger partial charge in [-0.3, -0.25) is 4.98 Å². The largest absolute Gasteiger partial charge is 0.261 e. The fraction of sp³-hybridized carbons (Fsp3) is 0.571. The van der Waals surface area contributed by atoms with Gasteiger partial charge < -0.3 is 0 Å². The zero-order chi connectivity index (χ0) is 15.0. The summed E-state index contributed by atoms with van der Waals surface area (Å²) in [5.41, 5.74) is 0.765. The molecule has 0 saturated heterocycles. The molecule has 1 heterocycles. The van der Waals surface area contributed by atoms with Crippen LogP contribution in [-0.2, 0) is 16.4 Å². The number of nitrogens with zero attached hydrogens (tertiary/aromatic N) is 3. The van der Waals surface area contributed by atoms with Crippen LogP contribution >= 0.6 is 0 Å². The van der Waals surface area contributed by atoms with Crippen molar-refractivity contribution in [1.82, 2.24) is 9.29 Å². The molecule has 1 rings (SSSR count). The fourth-order valence-electron chi connectivity index (χ4n) is 1.83. The van der Waals surface area contributed by atoms with Gasteiger partial charge in [0.1, 0.15) is 0 Å². The zero-order valence-corrected chi connectivity index (χ0v) is 12.8. The summed E-state index contributed by atoms with van der Waals surface area (Å²) in [5, 5.41) is 8.64. The summed E-state index contributed by atoms with van der Waals surface area (Å²) < 4.78 is 26.1. The normalized spacial score (nSPS) is 11.8. The van der Waals surface area contributed by atoms with Crippen molar-refractivity contribution in [1.29, 1.82) is 5.26 Å². The molecule has 1 aromatic heterocycles. The third-order valence-electron chi connectivity index (χ3n) is 2.78. The van der Waals surface area contributed by atoms with Crippen molar-refractivity contribution in [3.63, 3.8) is 0 Å². The molecule has 0 bridgehead atoms. The number of rotatable bonds is 8. The number of nitriles is 1. The van der Waals surface area contributed by atoms with Crippen LogP contribution in [0.2, 0.25) is 0 Å². The lowest BCUT2D eigenvalue weighted by molar-refractivity contribution is 0.373. The highest BCUT2D eigenvalue weighted by atomic mass is 32.2. The minimum absolute atomic E-state index is 0.0299. The van der Waals surface area contributed by atoms with Crippen molar-refractivity contribution in [2.75, 3.05) is 18.8 Å². The number of hydrogen-bond donors (Lipinski definition) is 0. The summed E-state index contributed by atoms with van der Waals surface area (Å²) in [5.74, 6) is 0.264. The number of sulfonamides is 1. The molecule has 0 radical (unpaired) electrons. The quantitative estimate of drug-likeness (QED) is 0.733. The number of aryl methyl sites for hydroxylation is 1. The summed E-state index contributed by atoms with van der Waals surface area (Å²) in [6.45, 7) is 4.65. The highest BCUT2D eigenvalue weighted by Gasteiger charge is 2.22. The minimum atomic E-state index is -3.35. The molecule has 0 aromatic carbocycles. The Kier molecular flexibility index (Phi) is 6.62. The molecular weight excluding hydrogens is 274 g/mol. The van der Waals surface area contributed by atoms with E-state index in [4.69, 9.17) is 5.26 Å². The maximum Gasteiger partial charge on any atom is 0.214 e. The van der Waals surface area contributed by atoms with E-state index in [0.717, 1.165) is 5.69 Å². The predicted octanol–water partition coefficient (Wildman–Crippen LogP) is 1.83. The summed E-state index contributed by atoms with van der Waals surface area (Å²) in [4.78, 5) is 4.13. The van der Waals surface area contributed by atoms with Gasteiger partial charge in [0.05, 0.1) is 11.8 Å². The van der Waals surface area contributed by atoms with Crippen LogP contribution in [0.5, 0.6) is 0 Å². The van der Waals surface area contributed by atoms with Crippen LogP contribution in [0.15, 0.2) is 24.4 Å². The van der Waals surface area contributed by atoms with Crippen molar-refractivity contribution in [3.05, 3.63) is 30.1 Å². The van der Waals surface area contributed by atoms with E-state index in [1.807, 2.05) is 32.0 Å². The Morgan fingerprint density at radius 1 is 1.40 bits per heavy atom. The van der Waals surface area contributed by atoms with Crippen LogP contribution in [-0.4, -0.2) is 36.5 Å². The molecule has 110 valence electrons. The average Bonchev–Trinajstić information content (AvgIpc) is 2.42. The third kappa shape index (κ3) is 5.68. The maximum atomic E-state index is 12.3. The fourth-order valence-corrected chi connectivity index (χ4v) is 3.45. The molecule has 0 unspecified atom stereocenters. The van der Waals surface area contributed by atoms with E-state index in [2.05, 4.69) is 4.98 Å². The zero-order valence-electron chi connectivity index (χ0n) is 12.0. The van der Waals surface area contributed by atoms with Gasteiger partial charge in [0.25, 0.3) is 0 Å². The lowest BCUT2D eigenvalue weighted by Gasteiger charge is -2.22. The third-order valence-corrected chi connectivity index (χ3v) is 4.62. The van der Waals surface area contributed by atoms with Crippen molar-refractivity contribution in [3.8, 4) is 6.07 Å². The Labute approximate surface area is 121 Å². The molecule has 0 aliphatic heterocycles. The van der Waals surface area contributed by atoms with Gasteiger partial charge in [-0.1, -0.05) is 19.9 Å². The Bertz CT molecular complexity index is 535. The number of pyridine rings is 1. The van der Waals surface area contributed by atoms with Crippen molar-refractivity contribution in [2.24, 2.45) is 5.92 Å². The first kappa shape index (κ1) is 16.6. The summed E-state index contributed by atoms with van der Waals surface area (Å²) >= 11 is 0. The van der Waals surface area contributed by atoms with E-state index in [1.165, 1.54) is 4.31 Å². The van der Waals surface area contributed by atoms with Crippen LogP contribution in [0.25, 0.3) is 0 Å². The molecule has 20 heavy (non-hydrogen) atoms. The van der Waals surface area contributed by atoms with Crippen LogP contribution in [0.4, 0.5) is 0 Å². The summed E-state index contributed by atoms with van der Waals surface area (Å²) in [7, 11) is -3.35. The monoisotopic (exact) mass is 295 g/mol. The maximum absolute atomic E-state index is 12.3. The van der Waals surface area contributed by atoms with Gasteiger partial charge in [-0.2, -0.15) is 5.26 Å². The molecule has 5 nitrogen and oxygen atoms in total. The second kappa shape index (κ2) is 7.98. The van der Waals surface area contributed by atoms with E-state index in [9.17, 15) is 8.42 Å². The average molecular weight is 295 g/mol. The number of aromatic nitrogens is 1. The molecule has 0 spiro atoms. The molecule has 0 N–H and O–H groups in total. The minimum Gasteiger partial charge on any atom is -0.261 e. The van der Waals surface area contributed by atoms with E-state index < -0.39 is 10.0 Å². The molecule has 6 heteroatoms. The van der Waals surface area contributed by atoms with E-state index >= 15 is 0 Å². The molecule has 0 amide bonds. The van der Waals surface area contributed by atoms with Crippen molar-refractivity contribution in [2.45, 2.75) is 26.7 Å². The smallest absolute Gasteiger partial charge is 0.214 e. The van der Waals surface area contributed by atoms with Crippen LogP contribution < -0.4 is 0 Å². The SMILES string of the molecule is CC(C)CN(CCC#N)S(=O)(=O)CCc1ccccn1. The topological polar surface area (TPSA) is 74.1 Å². The van der Waals surface area contributed by atoms with Crippen LogP contribution in [0.3, 0.4) is 0 Å². The lowest BCUT2D eigenvalue weighted by atomic mass is 10.2. The van der Waals surface area contributed by atoms with Gasteiger partial charge in [0.15, 0.2) is 0 Å². The first-order valence-electron chi connectivity index (χ1n) is 6.70. The predicted molar refractivity (Wildman–Crippen MR) is 78.4 cm³/mol. The van der Waals surface area contributed by atoms with Crippen LogP contribution in [0.1, 0.15) is 26.0 Å². The van der Waals surface area contributed by atoms with Gasteiger partial charge in [-0.15, -0.1) is 0 Å². The Morgan fingerprint density at radius 2 is 2.15 bits per heavy atom. The number of hydrogen-bond acceptors (Lipinski definition) is 4. The standard InChI is InChI=1S/C14H21N3O2S/c1-13(2)12-17(10-5-8-15)20(18,19)11-7-14-6-3-4-9-16-14/h3-4,6,9,13H,5,7,10-12H2,1-2H3. The second-order valence-electron chi connectivity index (χ2n) is 5.05. The van der Waals surface area contributed by atoms with E-state index in [-0.39, 0.29) is 24.6 Å².